The van der Waals surface area contributed by atoms with Crippen molar-refractivity contribution in [1.29, 1.82) is 0 Å². The molecule has 2 N–H and O–H groups in total. The first-order valence-electron chi connectivity index (χ1n) is 4.75. The summed E-state index contributed by atoms with van der Waals surface area (Å²) in [6.45, 7) is 4.46. The first-order valence-corrected chi connectivity index (χ1v) is 5.63. The fourth-order valence-corrected chi connectivity index (χ4v) is 2.42. The van der Waals surface area contributed by atoms with Gasteiger partial charge in [0.2, 0.25) is 0 Å². The summed E-state index contributed by atoms with van der Waals surface area (Å²) in [6, 6.07) is 8.06. The summed E-state index contributed by atoms with van der Waals surface area (Å²) in [5.41, 5.74) is 6.74. The van der Waals surface area contributed by atoms with Gasteiger partial charge in [-0.1, -0.05) is 32.4 Å². The molecule has 0 bridgehead atoms. The van der Waals surface area contributed by atoms with E-state index in [1.165, 1.54) is 17.7 Å². The summed E-state index contributed by atoms with van der Waals surface area (Å²) < 4.78 is 0. The Morgan fingerprint density at radius 1 is 1.38 bits per heavy atom. The Kier molecular flexibility index (Phi) is 4.16. The van der Waals surface area contributed by atoms with Crippen molar-refractivity contribution in [1.82, 2.24) is 0 Å². The SMILES string of the molecule is CCCC(C)Sc1ccccc1N. The molecule has 1 aromatic rings. The number of hydrogen-bond acceptors (Lipinski definition) is 2. The quantitative estimate of drug-likeness (QED) is 0.587. The molecule has 1 rings (SSSR count). The van der Waals surface area contributed by atoms with Gasteiger partial charge in [0.25, 0.3) is 0 Å². The molecule has 0 saturated carbocycles. The Labute approximate surface area is 84.7 Å². The van der Waals surface area contributed by atoms with Crippen molar-refractivity contribution in [3.63, 3.8) is 0 Å². The third-order valence-electron chi connectivity index (χ3n) is 1.94. The molecule has 0 spiro atoms. The van der Waals surface area contributed by atoms with Crippen LogP contribution in [0.15, 0.2) is 29.2 Å². The van der Waals surface area contributed by atoms with Gasteiger partial charge >= 0.3 is 0 Å². The van der Waals surface area contributed by atoms with Gasteiger partial charge in [0.05, 0.1) is 0 Å². The first-order chi connectivity index (χ1) is 6.24. The van der Waals surface area contributed by atoms with Gasteiger partial charge in [0, 0.05) is 15.8 Å². The van der Waals surface area contributed by atoms with Crippen molar-refractivity contribution in [2.24, 2.45) is 0 Å². The molecule has 0 heterocycles. The number of nitrogen functional groups attached to an aromatic ring is 1. The number of nitrogens with two attached hydrogens (primary N) is 1. The van der Waals surface area contributed by atoms with Gasteiger partial charge in [-0.05, 0) is 18.6 Å². The van der Waals surface area contributed by atoms with E-state index >= 15 is 0 Å². The van der Waals surface area contributed by atoms with Gasteiger partial charge < -0.3 is 5.73 Å². The lowest BCUT2D eigenvalue weighted by Gasteiger charge is -2.10. The Morgan fingerprint density at radius 3 is 2.69 bits per heavy atom. The van der Waals surface area contributed by atoms with Crippen LogP contribution in [0.4, 0.5) is 5.69 Å². The molecule has 0 aliphatic carbocycles. The minimum absolute atomic E-state index is 0.662. The average molecular weight is 195 g/mol. The molecule has 1 nitrogen and oxygen atoms in total. The molecule has 0 radical (unpaired) electrons. The van der Waals surface area contributed by atoms with E-state index in [0.29, 0.717) is 5.25 Å². The fraction of sp³-hybridized carbons (Fsp3) is 0.455. The van der Waals surface area contributed by atoms with Crippen molar-refractivity contribution >= 4 is 17.4 Å². The first kappa shape index (κ1) is 10.5. The van der Waals surface area contributed by atoms with Crippen LogP contribution >= 0.6 is 11.8 Å². The molecule has 13 heavy (non-hydrogen) atoms. The second kappa shape index (κ2) is 5.18. The summed E-state index contributed by atoms with van der Waals surface area (Å²) in [4.78, 5) is 1.21. The van der Waals surface area contributed by atoms with E-state index in [4.69, 9.17) is 5.73 Å². The number of anilines is 1. The highest BCUT2D eigenvalue weighted by Crippen LogP contribution is 2.29. The molecule has 72 valence electrons. The van der Waals surface area contributed by atoms with Crippen LogP contribution in [0.1, 0.15) is 26.7 Å². The number of benzene rings is 1. The van der Waals surface area contributed by atoms with E-state index in [2.05, 4.69) is 19.9 Å². The third-order valence-corrected chi connectivity index (χ3v) is 3.21. The molecule has 1 aromatic carbocycles. The monoisotopic (exact) mass is 195 g/mol. The van der Waals surface area contributed by atoms with E-state index < -0.39 is 0 Å². The topological polar surface area (TPSA) is 26.0 Å². The highest BCUT2D eigenvalue weighted by atomic mass is 32.2. The molecule has 0 aromatic heterocycles. The van der Waals surface area contributed by atoms with Gasteiger partial charge in [-0.15, -0.1) is 11.8 Å². The number of hydrogen-bond donors (Lipinski definition) is 1. The lowest BCUT2D eigenvalue weighted by Crippen LogP contribution is -1.96. The highest BCUT2D eigenvalue weighted by Gasteiger charge is 2.04. The number of rotatable bonds is 4. The predicted molar refractivity (Wildman–Crippen MR) is 61.1 cm³/mol. The van der Waals surface area contributed by atoms with Gasteiger partial charge in [-0.2, -0.15) is 0 Å². The smallest absolute Gasteiger partial charge is 0.0452 e. The van der Waals surface area contributed by atoms with Crippen molar-refractivity contribution in [3.05, 3.63) is 24.3 Å². The van der Waals surface area contributed by atoms with Crippen LogP contribution in [-0.4, -0.2) is 5.25 Å². The minimum atomic E-state index is 0.662. The van der Waals surface area contributed by atoms with Crippen LogP contribution in [0.2, 0.25) is 0 Å². The zero-order valence-electron chi connectivity index (χ0n) is 8.29. The Morgan fingerprint density at radius 2 is 2.08 bits per heavy atom. The molecule has 0 amide bonds. The zero-order chi connectivity index (χ0) is 9.68. The summed E-state index contributed by atoms with van der Waals surface area (Å²) >= 11 is 1.87. The van der Waals surface area contributed by atoms with Crippen LogP contribution in [0, 0.1) is 0 Å². The summed E-state index contributed by atoms with van der Waals surface area (Å²) in [6.07, 6.45) is 2.49. The van der Waals surface area contributed by atoms with E-state index in [9.17, 15) is 0 Å². The maximum Gasteiger partial charge on any atom is 0.0452 e. The second-order valence-electron chi connectivity index (χ2n) is 3.25. The zero-order valence-corrected chi connectivity index (χ0v) is 9.10. The number of para-hydroxylation sites is 1. The number of thioether (sulfide) groups is 1. The van der Waals surface area contributed by atoms with E-state index in [1.807, 2.05) is 30.0 Å². The van der Waals surface area contributed by atoms with Gasteiger partial charge in [-0.25, -0.2) is 0 Å². The molecule has 1 atom stereocenters. The summed E-state index contributed by atoms with van der Waals surface area (Å²) in [7, 11) is 0. The Hall–Kier alpha value is -0.630. The van der Waals surface area contributed by atoms with Crippen molar-refractivity contribution in [2.45, 2.75) is 36.8 Å². The molecule has 0 saturated heterocycles. The maximum absolute atomic E-state index is 5.84. The van der Waals surface area contributed by atoms with Crippen LogP contribution in [0.5, 0.6) is 0 Å². The molecule has 2 heteroatoms. The van der Waals surface area contributed by atoms with Crippen LogP contribution in [-0.2, 0) is 0 Å². The van der Waals surface area contributed by atoms with E-state index in [1.54, 1.807) is 0 Å². The predicted octanol–water partition coefficient (Wildman–Crippen LogP) is 3.55. The summed E-state index contributed by atoms with van der Waals surface area (Å²) in [5.74, 6) is 0. The van der Waals surface area contributed by atoms with E-state index in [0.717, 1.165) is 5.69 Å². The molecule has 0 fully saturated rings. The third kappa shape index (κ3) is 3.31. The summed E-state index contributed by atoms with van der Waals surface area (Å²) in [5, 5.41) is 0.662. The van der Waals surface area contributed by atoms with Gasteiger partial charge in [0.15, 0.2) is 0 Å². The van der Waals surface area contributed by atoms with Crippen molar-refractivity contribution < 1.29 is 0 Å². The lowest BCUT2D eigenvalue weighted by atomic mass is 10.3. The van der Waals surface area contributed by atoms with Crippen molar-refractivity contribution in [2.75, 3.05) is 5.73 Å². The molecule has 1 unspecified atom stereocenters. The lowest BCUT2D eigenvalue weighted by molar-refractivity contribution is 0.787. The Bertz CT molecular complexity index is 260. The van der Waals surface area contributed by atoms with Gasteiger partial charge in [-0.3, -0.25) is 0 Å². The standard InChI is InChI=1S/C11H17NS/c1-3-6-9(2)13-11-8-5-4-7-10(11)12/h4-5,7-9H,3,6,12H2,1-2H3. The molecular weight excluding hydrogens is 178 g/mol. The molecule has 0 aliphatic rings. The highest BCUT2D eigenvalue weighted by molar-refractivity contribution is 8.00. The average Bonchev–Trinajstić information content (AvgIpc) is 2.09. The Balaban J connectivity index is 2.58. The largest absolute Gasteiger partial charge is 0.398 e. The van der Waals surface area contributed by atoms with E-state index in [-0.39, 0.29) is 0 Å². The van der Waals surface area contributed by atoms with Gasteiger partial charge in [0.1, 0.15) is 0 Å². The molecular formula is C11H17NS. The minimum Gasteiger partial charge on any atom is -0.398 e. The normalized spacial score (nSPS) is 12.8. The fourth-order valence-electron chi connectivity index (χ4n) is 1.27. The maximum atomic E-state index is 5.84. The van der Waals surface area contributed by atoms with Crippen LogP contribution < -0.4 is 5.73 Å². The second-order valence-corrected chi connectivity index (χ2v) is 4.74. The molecule has 0 aliphatic heterocycles. The van der Waals surface area contributed by atoms with Crippen LogP contribution in [0.3, 0.4) is 0 Å². The van der Waals surface area contributed by atoms with Crippen molar-refractivity contribution in [3.8, 4) is 0 Å². The van der Waals surface area contributed by atoms with Crippen LogP contribution in [0.25, 0.3) is 0 Å².